The fraction of sp³-hybridized carbons (Fsp3) is 0.167. The van der Waals surface area contributed by atoms with Crippen LogP contribution in [-0.2, 0) is 4.79 Å². The van der Waals surface area contributed by atoms with Crippen molar-refractivity contribution < 1.29 is 9.53 Å². The first-order valence-corrected chi connectivity index (χ1v) is 11.6. The summed E-state index contributed by atoms with van der Waals surface area (Å²) in [6, 6.07) is 20.2. The van der Waals surface area contributed by atoms with Crippen LogP contribution in [0.25, 0.3) is 10.8 Å². The lowest BCUT2D eigenvalue weighted by Gasteiger charge is -2.15. The molecule has 1 saturated heterocycles. The highest BCUT2D eigenvalue weighted by atomic mass is 32.2. The van der Waals surface area contributed by atoms with E-state index < -0.39 is 0 Å². The van der Waals surface area contributed by atoms with Gasteiger partial charge in [0.1, 0.15) is 10.7 Å². The number of amidine groups is 1. The van der Waals surface area contributed by atoms with Crippen molar-refractivity contribution >= 4 is 56.7 Å². The van der Waals surface area contributed by atoms with Crippen molar-refractivity contribution in [1.82, 2.24) is 4.90 Å². The number of likely N-dealkylation sites (N-methyl/N-ethyl adjacent to an activating group) is 1. The number of amides is 1. The van der Waals surface area contributed by atoms with E-state index in [2.05, 4.69) is 23.1 Å². The van der Waals surface area contributed by atoms with Crippen molar-refractivity contribution in [2.75, 3.05) is 25.6 Å². The van der Waals surface area contributed by atoms with Gasteiger partial charge in [0.25, 0.3) is 5.91 Å². The third-order valence-electron chi connectivity index (χ3n) is 5.40. The number of nitrogens with zero attached hydrogens (tertiary/aromatic N) is 3. The topological polar surface area (TPSA) is 45.1 Å². The van der Waals surface area contributed by atoms with Crippen LogP contribution in [0.4, 0.5) is 11.4 Å². The minimum absolute atomic E-state index is 0.000563. The van der Waals surface area contributed by atoms with E-state index in [1.165, 1.54) is 11.8 Å². The predicted molar refractivity (Wildman–Crippen MR) is 130 cm³/mol. The molecule has 0 N–H and O–H groups in total. The summed E-state index contributed by atoms with van der Waals surface area (Å²) in [5.74, 6) is 0.803. The van der Waals surface area contributed by atoms with E-state index in [1.807, 2.05) is 56.4 Å². The number of hydrogen-bond donors (Lipinski definition) is 0. The van der Waals surface area contributed by atoms with E-state index >= 15 is 0 Å². The molecule has 0 saturated carbocycles. The molecule has 2 heterocycles. The molecule has 156 valence electrons. The second-order valence-electron chi connectivity index (χ2n) is 7.17. The number of ether oxygens (including phenoxy) is 1. The normalized spacial score (nSPS) is 19.6. The number of rotatable bonds is 3. The average molecular weight is 448 g/mol. The predicted octanol–water partition coefficient (Wildman–Crippen LogP) is 5.84. The number of benzene rings is 3. The summed E-state index contributed by atoms with van der Waals surface area (Å²) < 4.78 is 5.37. The van der Waals surface area contributed by atoms with Gasteiger partial charge in [0, 0.05) is 29.9 Å². The molecule has 0 radical (unpaired) electrons. The molecule has 2 aliphatic heterocycles. The molecule has 1 amide bonds. The Labute approximate surface area is 189 Å². The molecule has 3 aromatic rings. The smallest absolute Gasteiger partial charge is 0.269 e. The molecule has 5 rings (SSSR count). The average Bonchev–Trinajstić information content (AvgIpc) is 3.29. The monoisotopic (exact) mass is 447 g/mol. The summed E-state index contributed by atoms with van der Waals surface area (Å²) in [5, 5.41) is 3.86. The van der Waals surface area contributed by atoms with E-state index in [1.54, 1.807) is 23.8 Å². The van der Waals surface area contributed by atoms with E-state index in [-0.39, 0.29) is 5.91 Å². The third kappa shape index (κ3) is 3.38. The highest BCUT2D eigenvalue weighted by Gasteiger charge is 2.38. The van der Waals surface area contributed by atoms with Crippen molar-refractivity contribution in [1.29, 1.82) is 0 Å². The van der Waals surface area contributed by atoms with E-state index in [0.717, 1.165) is 37.8 Å². The molecule has 31 heavy (non-hydrogen) atoms. The minimum Gasteiger partial charge on any atom is -0.497 e. The summed E-state index contributed by atoms with van der Waals surface area (Å²) in [4.78, 5) is 23.9. The molecule has 0 spiro atoms. The highest BCUT2D eigenvalue weighted by molar-refractivity contribution is 8.19. The van der Waals surface area contributed by atoms with Gasteiger partial charge in [-0.3, -0.25) is 9.69 Å². The summed E-state index contributed by atoms with van der Waals surface area (Å²) in [6.07, 6.45) is 0. The van der Waals surface area contributed by atoms with Crippen molar-refractivity contribution in [3.8, 4) is 5.75 Å². The molecule has 7 heteroatoms. The molecular weight excluding hydrogens is 426 g/mol. The van der Waals surface area contributed by atoms with Crippen LogP contribution < -0.4 is 9.64 Å². The Morgan fingerprint density at radius 2 is 1.84 bits per heavy atom. The number of methoxy groups -OCH3 is 1. The molecule has 0 atom stereocenters. The zero-order valence-electron chi connectivity index (χ0n) is 17.5. The lowest BCUT2D eigenvalue weighted by Crippen LogP contribution is -2.29. The lowest BCUT2D eigenvalue weighted by atomic mass is 10.1. The third-order valence-corrected chi connectivity index (χ3v) is 7.83. The van der Waals surface area contributed by atoms with Gasteiger partial charge in [0.15, 0.2) is 5.17 Å². The number of carbonyl (C=O) groups excluding carboxylic acids is 1. The van der Waals surface area contributed by atoms with Crippen LogP contribution in [-0.4, -0.2) is 36.7 Å². The maximum Gasteiger partial charge on any atom is 0.269 e. The van der Waals surface area contributed by atoms with Crippen LogP contribution in [0.3, 0.4) is 0 Å². The first-order chi connectivity index (χ1) is 15.1. The minimum atomic E-state index is 0.000563. The molecule has 0 bridgehead atoms. The number of fused-ring (bicyclic) bond motifs is 2. The van der Waals surface area contributed by atoms with Gasteiger partial charge < -0.3 is 9.64 Å². The maximum atomic E-state index is 13.3. The zero-order valence-corrected chi connectivity index (χ0v) is 19.1. The van der Waals surface area contributed by atoms with Gasteiger partial charge in [0.2, 0.25) is 0 Å². The van der Waals surface area contributed by atoms with Gasteiger partial charge >= 0.3 is 0 Å². The van der Waals surface area contributed by atoms with Crippen LogP contribution in [0, 0.1) is 0 Å². The quantitative estimate of drug-likeness (QED) is 0.472. The number of hydrogen-bond acceptors (Lipinski definition) is 6. The molecule has 3 aromatic carbocycles. The Bertz CT molecular complexity index is 1260. The lowest BCUT2D eigenvalue weighted by molar-refractivity contribution is -0.122. The van der Waals surface area contributed by atoms with Crippen molar-refractivity contribution in [3.05, 3.63) is 70.6 Å². The molecule has 0 unspecified atom stereocenters. The second kappa shape index (κ2) is 7.98. The van der Waals surface area contributed by atoms with E-state index in [9.17, 15) is 4.79 Å². The Kier molecular flexibility index (Phi) is 5.16. The van der Waals surface area contributed by atoms with Crippen LogP contribution in [0.2, 0.25) is 0 Å². The fourth-order valence-electron chi connectivity index (χ4n) is 3.76. The van der Waals surface area contributed by atoms with Gasteiger partial charge in [0.05, 0.1) is 23.5 Å². The SMILES string of the molecule is CCN1C(=O)/C(=C2/Sc3ccc(OC)cc3N2C)SC1=Nc1cccc2ccccc12. The van der Waals surface area contributed by atoms with Gasteiger partial charge in [-0.15, -0.1) is 0 Å². The van der Waals surface area contributed by atoms with Crippen LogP contribution in [0.15, 0.2) is 80.5 Å². The summed E-state index contributed by atoms with van der Waals surface area (Å²) in [7, 11) is 3.65. The number of thioether (sulfide) groups is 2. The Hall–Kier alpha value is -2.90. The van der Waals surface area contributed by atoms with Crippen LogP contribution >= 0.6 is 23.5 Å². The summed E-state index contributed by atoms with van der Waals surface area (Å²) >= 11 is 3.06. The first-order valence-electron chi connectivity index (χ1n) is 10.0. The molecule has 0 aromatic heterocycles. The fourth-order valence-corrected chi connectivity index (χ4v) is 6.14. The second-order valence-corrected chi connectivity index (χ2v) is 9.18. The Morgan fingerprint density at radius 1 is 1.03 bits per heavy atom. The summed E-state index contributed by atoms with van der Waals surface area (Å²) in [5.41, 5.74) is 1.92. The number of carbonyl (C=O) groups is 1. The van der Waals surface area contributed by atoms with Crippen LogP contribution in [0.5, 0.6) is 5.75 Å². The Morgan fingerprint density at radius 3 is 2.65 bits per heavy atom. The zero-order chi connectivity index (χ0) is 21.5. The summed E-state index contributed by atoms with van der Waals surface area (Å²) in [6.45, 7) is 2.55. The molecule has 1 fully saturated rings. The number of aliphatic imine (C=N–C) groups is 1. The van der Waals surface area contributed by atoms with Gasteiger partial charge in [-0.2, -0.15) is 0 Å². The van der Waals surface area contributed by atoms with Crippen molar-refractivity contribution in [3.63, 3.8) is 0 Å². The molecule has 0 aliphatic carbocycles. The van der Waals surface area contributed by atoms with Gasteiger partial charge in [-0.1, -0.05) is 48.2 Å². The van der Waals surface area contributed by atoms with Crippen LogP contribution in [0.1, 0.15) is 6.92 Å². The van der Waals surface area contributed by atoms with Gasteiger partial charge in [-0.05, 0) is 42.3 Å². The van der Waals surface area contributed by atoms with Gasteiger partial charge in [-0.25, -0.2) is 4.99 Å². The molecule has 5 nitrogen and oxygen atoms in total. The largest absolute Gasteiger partial charge is 0.497 e. The van der Waals surface area contributed by atoms with Crippen molar-refractivity contribution in [2.24, 2.45) is 4.99 Å². The standard InChI is InChI=1S/C24H21N3O2S2/c1-4-27-22(28)21(23-26(2)19-14-16(29-3)12-13-20(19)30-23)31-24(27)25-18-11-7-9-15-8-5-6-10-17(15)18/h5-14H,4H2,1-3H3/b23-21-,25-24?. The van der Waals surface area contributed by atoms with Crippen molar-refractivity contribution in [2.45, 2.75) is 11.8 Å². The highest BCUT2D eigenvalue weighted by Crippen LogP contribution is 2.51. The first kappa shape index (κ1) is 20.0. The molecular formula is C24H21N3O2S2. The number of anilines is 1. The molecule has 2 aliphatic rings. The van der Waals surface area contributed by atoms with E-state index in [0.29, 0.717) is 16.6 Å². The Balaban J connectivity index is 1.56. The van der Waals surface area contributed by atoms with E-state index in [4.69, 9.17) is 9.73 Å². The maximum absolute atomic E-state index is 13.3.